The Bertz CT molecular complexity index is 1120. The van der Waals surface area contributed by atoms with Crippen LogP contribution in [0, 0.1) is 4.77 Å². The number of H-pyrrole nitrogens is 1. The van der Waals surface area contributed by atoms with E-state index in [0.717, 1.165) is 17.1 Å². The first-order valence-corrected chi connectivity index (χ1v) is 11.3. The van der Waals surface area contributed by atoms with Crippen LogP contribution in [0.3, 0.4) is 0 Å². The van der Waals surface area contributed by atoms with E-state index in [4.69, 9.17) is 12.2 Å². The lowest BCUT2D eigenvalue weighted by atomic mass is 10.0. The van der Waals surface area contributed by atoms with Gasteiger partial charge in [0.2, 0.25) is 5.91 Å². The van der Waals surface area contributed by atoms with Gasteiger partial charge in [-0.05, 0) is 55.6 Å². The molecule has 4 heterocycles. The molecule has 0 spiro atoms. The molecule has 1 atom stereocenters. The zero-order valence-corrected chi connectivity index (χ0v) is 18.7. The summed E-state index contributed by atoms with van der Waals surface area (Å²) in [6.45, 7) is 2.95. The highest BCUT2D eigenvalue weighted by molar-refractivity contribution is 7.71. The van der Waals surface area contributed by atoms with E-state index in [1.54, 1.807) is 11.5 Å². The molecule has 1 unspecified atom stereocenters. The molecule has 1 saturated heterocycles. The van der Waals surface area contributed by atoms with Gasteiger partial charge in [-0.15, -0.1) is 11.3 Å². The van der Waals surface area contributed by atoms with Crippen LogP contribution in [0.4, 0.5) is 19.0 Å². The minimum atomic E-state index is -4.40. The molecule has 0 saturated carbocycles. The van der Waals surface area contributed by atoms with Gasteiger partial charge in [-0.3, -0.25) is 14.5 Å². The molecule has 0 aliphatic carbocycles. The Morgan fingerprint density at radius 1 is 1.31 bits per heavy atom. The molecule has 0 radical (unpaired) electrons. The minimum absolute atomic E-state index is 0.0399. The summed E-state index contributed by atoms with van der Waals surface area (Å²) in [7, 11) is 0. The average Bonchev–Trinajstić information content (AvgIpc) is 3.43. The Morgan fingerprint density at radius 2 is 2.06 bits per heavy atom. The molecule has 1 aliphatic heterocycles. The van der Waals surface area contributed by atoms with E-state index in [-0.39, 0.29) is 11.9 Å². The highest BCUT2D eigenvalue weighted by Gasteiger charge is 2.31. The fourth-order valence-corrected chi connectivity index (χ4v) is 4.68. The number of carbonyl (C=O) groups is 1. The van der Waals surface area contributed by atoms with E-state index < -0.39 is 17.8 Å². The molecule has 3 aromatic heterocycles. The van der Waals surface area contributed by atoms with Gasteiger partial charge in [-0.1, -0.05) is 6.07 Å². The summed E-state index contributed by atoms with van der Waals surface area (Å²) in [6.07, 6.45) is -2.23. The van der Waals surface area contributed by atoms with Crippen molar-refractivity contribution in [2.45, 2.75) is 38.0 Å². The van der Waals surface area contributed by atoms with Crippen molar-refractivity contribution in [3.8, 4) is 10.7 Å². The number of alkyl halides is 3. The molecule has 32 heavy (non-hydrogen) atoms. The summed E-state index contributed by atoms with van der Waals surface area (Å²) in [5.74, 6) is 0.962. The van der Waals surface area contributed by atoms with E-state index >= 15 is 0 Å². The first-order valence-electron chi connectivity index (χ1n) is 10.0. The zero-order chi connectivity index (χ0) is 22.9. The van der Waals surface area contributed by atoms with Crippen molar-refractivity contribution in [2.75, 3.05) is 18.0 Å². The number of nitrogens with zero attached hydrogens (tertiary/aromatic N) is 4. The smallest absolute Gasteiger partial charge is 0.356 e. The first kappa shape index (κ1) is 22.5. The summed E-state index contributed by atoms with van der Waals surface area (Å²) in [6, 6.07) is 5.66. The van der Waals surface area contributed by atoms with Crippen LogP contribution in [-0.4, -0.2) is 44.8 Å². The Hall–Kier alpha value is -2.73. The van der Waals surface area contributed by atoms with Gasteiger partial charge in [0.1, 0.15) is 11.9 Å². The molecule has 2 N–H and O–H groups in total. The van der Waals surface area contributed by atoms with Crippen LogP contribution in [0.1, 0.15) is 31.4 Å². The lowest BCUT2D eigenvalue weighted by Gasteiger charge is -2.33. The summed E-state index contributed by atoms with van der Waals surface area (Å²) in [4.78, 5) is 19.7. The number of aromatic amines is 1. The molecule has 170 valence electrons. The molecule has 1 aliphatic rings. The molecule has 4 rings (SSSR count). The zero-order valence-electron chi connectivity index (χ0n) is 17.1. The summed E-state index contributed by atoms with van der Waals surface area (Å²) in [5.41, 5.74) is -0.767. The van der Waals surface area contributed by atoms with Gasteiger partial charge in [-0.2, -0.15) is 18.3 Å². The second kappa shape index (κ2) is 9.02. The maximum absolute atomic E-state index is 12.9. The number of hydrogen-bond donors (Lipinski definition) is 2. The normalized spacial score (nSPS) is 16.2. The molecular formula is C20H21F3N6OS2. The van der Waals surface area contributed by atoms with Gasteiger partial charge in [0.05, 0.1) is 10.4 Å². The SMILES string of the molecule is CC(C(=O)NC1CCN(c2ccc(C(F)(F)F)cn2)CC1)n1c(-c2cccs2)n[nH]c1=S. The van der Waals surface area contributed by atoms with E-state index in [0.29, 0.717) is 42.3 Å². The predicted molar refractivity (Wildman–Crippen MR) is 118 cm³/mol. The molecule has 0 aromatic carbocycles. The topological polar surface area (TPSA) is 78.8 Å². The van der Waals surface area contributed by atoms with Crippen LogP contribution in [0.25, 0.3) is 10.7 Å². The Kier molecular flexibility index (Phi) is 6.33. The number of piperidine rings is 1. The second-order valence-corrected chi connectivity index (χ2v) is 8.88. The summed E-state index contributed by atoms with van der Waals surface area (Å²) in [5, 5.41) is 12.0. The maximum Gasteiger partial charge on any atom is 0.417 e. The van der Waals surface area contributed by atoms with Gasteiger partial charge < -0.3 is 10.2 Å². The van der Waals surface area contributed by atoms with E-state index in [1.807, 2.05) is 22.4 Å². The number of carbonyl (C=O) groups excluding carboxylic acids is 1. The van der Waals surface area contributed by atoms with Crippen LogP contribution < -0.4 is 10.2 Å². The van der Waals surface area contributed by atoms with E-state index in [9.17, 15) is 18.0 Å². The number of nitrogens with one attached hydrogen (secondary N) is 2. The lowest BCUT2D eigenvalue weighted by Crippen LogP contribution is -2.46. The first-order chi connectivity index (χ1) is 15.2. The van der Waals surface area contributed by atoms with Gasteiger partial charge >= 0.3 is 6.18 Å². The maximum atomic E-state index is 12.9. The minimum Gasteiger partial charge on any atom is -0.356 e. The van der Waals surface area contributed by atoms with Gasteiger partial charge in [0, 0.05) is 25.3 Å². The number of rotatable bonds is 5. The van der Waals surface area contributed by atoms with Crippen molar-refractivity contribution < 1.29 is 18.0 Å². The third kappa shape index (κ3) is 4.70. The van der Waals surface area contributed by atoms with Crippen molar-refractivity contribution in [1.82, 2.24) is 25.1 Å². The van der Waals surface area contributed by atoms with E-state index in [2.05, 4.69) is 20.5 Å². The van der Waals surface area contributed by atoms with Crippen LogP contribution in [0.2, 0.25) is 0 Å². The molecule has 1 fully saturated rings. The highest BCUT2D eigenvalue weighted by Crippen LogP contribution is 2.30. The Morgan fingerprint density at radius 3 is 2.66 bits per heavy atom. The summed E-state index contributed by atoms with van der Waals surface area (Å²) >= 11 is 6.85. The fourth-order valence-electron chi connectivity index (χ4n) is 3.68. The number of halogens is 3. The van der Waals surface area contributed by atoms with Crippen LogP contribution in [0.15, 0.2) is 35.8 Å². The van der Waals surface area contributed by atoms with Gasteiger partial charge in [-0.25, -0.2) is 4.98 Å². The fraction of sp³-hybridized carbons (Fsp3) is 0.400. The van der Waals surface area contributed by atoms with Crippen LogP contribution in [-0.2, 0) is 11.0 Å². The number of thiophene rings is 1. The monoisotopic (exact) mass is 482 g/mol. The van der Waals surface area contributed by atoms with Crippen molar-refractivity contribution in [1.29, 1.82) is 0 Å². The summed E-state index contributed by atoms with van der Waals surface area (Å²) < 4.78 is 40.3. The van der Waals surface area contributed by atoms with Crippen molar-refractivity contribution in [2.24, 2.45) is 0 Å². The molecule has 12 heteroatoms. The Labute approximate surface area is 191 Å². The standard InChI is InChI=1S/C20H21F3N6OS2/c1-12(29-17(26-27-19(29)31)15-3-2-10-32-15)18(30)25-14-6-8-28(9-7-14)16-5-4-13(11-24-16)20(21,22)23/h2-5,10-12,14H,6-9H2,1H3,(H,25,30)(H,27,31). The third-order valence-electron chi connectivity index (χ3n) is 5.45. The molecule has 1 amide bonds. The van der Waals surface area contributed by atoms with E-state index in [1.165, 1.54) is 17.4 Å². The number of hydrogen-bond acceptors (Lipinski definition) is 6. The molecule has 7 nitrogen and oxygen atoms in total. The van der Waals surface area contributed by atoms with Gasteiger partial charge in [0.25, 0.3) is 0 Å². The number of aromatic nitrogens is 4. The third-order valence-corrected chi connectivity index (χ3v) is 6.61. The largest absolute Gasteiger partial charge is 0.417 e. The molecular weight excluding hydrogens is 461 g/mol. The van der Waals surface area contributed by atoms with Crippen LogP contribution >= 0.6 is 23.6 Å². The lowest BCUT2D eigenvalue weighted by molar-refractivity contribution is -0.137. The van der Waals surface area contributed by atoms with Crippen molar-refractivity contribution in [3.05, 3.63) is 46.2 Å². The number of pyridine rings is 1. The quantitative estimate of drug-likeness (QED) is 0.526. The predicted octanol–water partition coefficient (Wildman–Crippen LogP) is 4.43. The second-order valence-electron chi connectivity index (χ2n) is 7.55. The van der Waals surface area contributed by atoms with Crippen LogP contribution in [0.5, 0.6) is 0 Å². The molecule has 3 aromatic rings. The Balaban J connectivity index is 1.36. The number of amides is 1. The van der Waals surface area contributed by atoms with Crippen molar-refractivity contribution in [3.63, 3.8) is 0 Å². The highest BCUT2D eigenvalue weighted by atomic mass is 32.1. The average molecular weight is 483 g/mol. The molecule has 0 bridgehead atoms. The van der Waals surface area contributed by atoms with Gasteiger partial charge in [0.15, 0.2) is 10.6 Å². The van der Waals surface area contributed by atoms with Crippen molar-refractivity contribution >= 4 is 35.3 Å². The number of anilines is 1.